The van der Waals surface area contributed by atoms with E-state index in [0.717, 1.165) is 11.0 Å². The highest BCUT2D eigenvalue weighted by Gasteiger charge is 2.43. The molecule has 34 heavy (non-hydrogen) atoms. The maximum atomic E-state index is 13.1. The van der Waals surface area contributed by atoms with E-state index in [1.807, 2.05) is 0 Å². The average Bonchev–Trinajstić information content (AvgIpc) is 3.11. The number of ether oxygens (including phenoxy) is 1. The highest BCUT2D eigenvalue weighted by Crippen LogP contribution is 2.26. The van der Waals surface area contributed by atoms with Crippen LogP contribution in [0.15, 0.2) is 78.9 Å². The number of carbonyl (C=O) groups is 4. The molecule has 1 aliphatic heterocycles. The normalized spacial score (nSPS) is 13.4. The van der Waals surface area contributed by atoms with Crippen molar-refractivity contribution in [2.75, 3.05) is 6.61 Å². The molecule has 9 heteroatoms. The van der Waals surface area contributed by atoms with Gasteiger partial charge in [0.2, 0.25) is 5.78 Å². The molecule has 3 aromatic rings. The molecule has 2 amide bonds. The number of rotatable bonds is 8. The Kier molecular flexibility index (Phi) is 6.26. The molecule has 3 aromatic carbocycles. The zero-order valence-electron chi connectivity index (χ0n) is 17.7. The predicted molar refractivity (Wildman–Crippen MR) is 119 cm³/mol. The van der Waals surface area contributed by atoms with Crippen molar-refractivity contribution in [1.82, 2.24) is 4.90 Å². The van der Waals surface area contributed by atoms with Gasteiger partial charge in [0.05, 0.1) is 16.1 Å². The molecule has 9 nitrogen and oxygen atoms in total. The Morgan fingerprint density at radius 3 is 2.12 bits per heavy atom. The first kappa shape index (κ1) is 22.5. The predicted octanol–water partition coefficient (Wildman–Crippen LogP) is 3.23. The van der Waals surface area contributed by atoms with Gasteiger partial charge in [-0.2, -0.15) is 0 Å². The minimum Gasteiger partial charge on any atom is -0.456 e. The first-order valence-corrected chi connectivity index (χ1v) is 10.3. The second-order valence-corrected chi connectivity index (χ2v) is 7.57. The molecule has 0 spiro atoms. The first-order chi connectivity index (χ1) is 16.4. The number of benzene rings is 3. The molecule has 0 fully saturated rings. The Morgan fingerprint density at radius 2 is 1.50 bits per heavy atom. The van der Waals surface area contributed by atoms with Crippen molar-refractivity contribution in [3.63, 3.8) is 0 Å². The molecule has 4 rings (SSSR count). The number of nitro benzene ring substituents is 1. The van der Waals surface area contributed by atoms with Crippen LogP contribution in [0.3, 0.4) is 0 Å². The standard InChI is InChI=1S/C25H18N2O7/c28-22(17-9-6-10-18(14-17)27(32)33)15-34-25(31)21(13-16-7-2-1-3-8-16)26-23(29)19-11-4-5-12-20(19)24(26)30/h1-12,14,21H,13,15H2/t21-/m1/s1. The smallest absolute Gasteiger partial charge is 0.330 e. The third-order valence-electron chi connectivity index (χ3n) is 5.41. The molecule has 0 saturated carbocycles. The van der Waals surface area contributed by atoms with E-state index in [1.165, 1.54) is 30.3 Å². The molecule has 0 bridgehead atoms. The Morgan fingerprint density at radius 1 is 0.882 bits per heavy atom. The van der Waals surface area contributed by atoms with E-state index in [2.05, 4.69) is 0 Å². The van der Waals surface area contributed by atoms with Crippen molar-refractivity contribution in [2.45, 2.75) is 12.5 Å². The topological polar surface area (TPSA) is 124 Å². The van der Waals surface area contributed by atoms with Crippen LogP contribution < -0.4 is 0 Å². The van der Waals surface area contributed by atoms with Crippen LogP contribution in [0, 0.1) is 10.1 Å². The molecule has 0 aromatic heterocycles. The van der Waals surface area contributed by atoms with Crippen molar-refractivity contribution in [3.8, 4) is 0 Å². The van der Waals surface area contributed by atoms with Gasteiger partial charge in [0.25, 0.3) is 17.5 Å². The number of fused-ring (bicyclic) bond motifs is 1. The van der Waals surface area contributed by atoms with Gasteiger partial charge in [-0.15, -0.1) is 0 Å². The second kappa shape index (κ2) is 9.45. The lowest BCUT2D eigenvalue weighted by Gasteiger charge is -2.24. The maximum absolute atomic E-state index is 13.1. The second-order valence-electron chi connectivity index (χ2n) is 7.57. The summed E-state index contributed by atoms with van der Waals surface area (Å²) in [6, 6.07) is 18.8. The lowest BCUT2D eigenvalue weighted by Crippen LogP contribution is -2.47. The van der Waals surface area contributed by atoms with E-state index in [4.69, 9.17) is 4.74 Å². The minimum absolute atomic E-state index is 0.00217. The van der Waals surface area contributed by atoms with Gasteiger partial charge in [0, 0.05) is 24.1 Å². The molecule has 0 unspecified atom stereocenters. The van der Waals surface area contributed by atoms with Crippen LogP contribution in [0.4, 0.5) is 5.69 Å². The number of nitro groups is 1. The van der Waals surface area contributed by atoms with Crippen molar-refractivity contribution < 1.29 is 28.8 Å². The summed E-state index contributed by atoms with van der Waals surface area (Å²) in [5.74, 6) is -2.83. The number of imide groups is 1. The fourth-order valence-corrected chi connectivity index (χ4v) is 3.72. The lowest BCUT2D eigenvalue weighted by atomic mass is 10.0. The number of esters is 1. The SMILES string of the molecule is O=C(COC(=O)[C@@H](Cc1ccccc1)N1C(=O)c2ccccc2C1=O)c1cccc([N+](=O)[O-])c1. The van der Waals surface area contributed by atoms with Gasteiger partial charge < -0.3 is 4.74 Å². The first-order valence-electron chi connectivity index (χ1n) is 10.3. The summed E-state index contributed by atoms with van der Waals surface area (Å²) in [6.45, 7) is -0.700. The summed E-state index contributed by atoms with van der Waals surface area (Å²) in [5, 5.41) is 10.9. The number of ketones is 1. The van der Waals surface area contributed by atoms with Gasteiger partial charge in [0.1, 0.15) is 6.04 Å². The highest BCUT2D eigenvalue weighted by atomic mass is 16.6. The quantitative estimate of drug-likeness (QED) is 0.167. The number of amides is 2. The maximum Gasteiger partial charge on any atom is 0.330 e. The van der Waals surface area contributed by atoms with Crippen molar-refractivity contribution >= 4 is 29.3 Å². The van der Waals surface area contributed by atoms with Gasteiger partial charge in [0.15, 0.2) is 6.61 Å². The van der Waals surface area contributed by atoms with Crippen LogP contribution in [0.2, 0.25) is 0 Å². The summed E-state index contributed by atoms with van der Waals surface area (Å²) in [5.41, 5.74) is 0.788. The van der Waals surface area contributed by atoms with Gasteiger partial charge in [-0.25, -0.2) is 4.79 Å². The molecule has 1 atom stereocenters. The van der Waals surface area contributed by atoms with E-state index >= 15 is 0 Å². The van der Waals surface area contributed by atoms with E-state index in [9.17, 15) is 29.3 Å². The third kappa shape index (κ3) is 4.44. The summed E-state index contributed by atoms with van der Waals surface area (Å²) in [6.07, 6.45) is -0.00383. The van der Waals surface area contributed by atoms with Crippen LogP contribution in [-0.4, -0.2) is 46.0 Å². The van der Waals surface area contributed by atoms with Crippen LogP contribution in [-0.2, 0) is 16.0 Å². The van der Waals surface area contributed by atoms with E-state index in [1.54, 1.807) is 42.5 Å². The average molecular weight is 458 g/mol. The Hall–Kier alpha value is -4.66. The third-order valence-corrected chi connectivity index (χ3v) is 5.41. The summed E-state index contributed by atoms with van der Waals surface area (Å²) in [7, 11) is 0. The minimum atomic E-state index is -1.30. The van der Waals surface area contributed by atoms with Crippen molar-refractivity contribution in [1.29, 1.82) is 0 Å². The van der Waals surface area contributed by atoms with Crippen LogP contribution >= 0.6 is 0 Å². The van der Waals surface area contributed by atoms with E-state index in [-0.39, 0.29) is 28.8 Å². The summed E-state index contributed by atoms with van der Waals surface area (Å²) >= 11 is 0. The molecule has 0 radical (unpaired) electrons. The molecule has 1 heterocycles. The molecule has 1 aliphatic rings. The fourth-order valence-electron chi connectivity index (χ4n) is 3.72. The summed E-state index contributed by atoms with van der Waals surface area (Å²) < 4.78 is 5.20. The molecule has 0 aliphatic carbocycles. The van der Waals surface area contributed by atoms with Gasteiger partial charge >= 0.3 is 5.97 Å². The molecule has 0 N–H and O–H groups in total. The Labute approximate surface area is 193 Å². The van der Waals surface area contributed by atoms with Crippen molar-refractivity contribution in [2.24, 2.45) is 0 Å². The van der Waals surface area contributed by atoms with Crippen LogP contribution in [0.1, 0.15) is 36.6 Å². The largest absolute Gasteiger partial charge is 0.456 e. The molecule has 170 valence electrons. The van der Waals surface area contributed by atoms with Crippen LogP contribution in [0.25, 0.3) is 0 Å². The van der Waals surface area contributed by atoms with Crippen molar-refractivity contribution in [3.05, 3.63) is 111 Å². The Bertz CT molecular complexity index is 1270. The monoisotopic (exact) mass is 458 g/mol. The number of Topliss-reactive ketones (excluding diaryl/α,β-unsaturated/α-hetero) is 1. The molecule has 0 saturated heterocycles. The van der Waals surface area contributed by atoms with Gasteiger partial charge in [-0.1, -0.05) is 54.6 Å². The summed E-state index contributed by atoms with van der Waals surface area (Å²) in [4.78, 5) is 62.7. The number of hydrogen-bond acceptors (Lipinski definition) is 7. The molecular formula is C25H18N2O7. The Balaban J connectivity index is 1.56. The zero-order chi connectivity index (χ0) is 24.2. The van der Waals surface area contributed by atoms with E-state index < -0.39 is 41.1 Å². The highest BCUT2D eigenvalue weighted by molar-refractivity contribution is 6.22. The van der Waals surface area contributed by atoms with Gasteiger partial charge in [-0.3, -0.25) is 29.4 Å². The number of hydrogen-bond donors (Lipinski definition) is 0. The number of nitrogens with zero attached hydrogens (tertiary/aromatic N) is 2. The van der Waals surface area contributed by atoms with Gasteiger partial charge in [-0.05, 0) is 17.7 Å². The number of non-ortho nitro benzene ring substituents is 1. The van der Waals surface area contributed by atoms with E-state index in [0.29, 0.717) is 5.56 Å². The van der Waals surface area contributed by atoms with Crippen LogP contribution in [0.5, 0.6) is 0 Å². The fraction of sp³-hybridized carbons (Fsp3) is 0.120. The lowest BCUT2D eigenvalue weighted by molar-refractivity contribution is -0.384. The molecular weight excluding hydrogens is 440 g/mol. The number of carbonyl (C=O) groups excluding carboxylic acids is 4. The zero-order valence-corrected chi connectivity index (χ0v) is 17.7.